The van der Waals surface area contributed by atoms with Gasteiger partial charge in [0.05, 0.1) is 11.7 Å². The number of piperazine rings is 1. The minimum Gasteiger partial charge on any atom is -0.341 e. The van der Waals surface area contributed by atoms with Crippen molar-refractivity contribution in [3.8, 4) is 0 Å². The Morgan fingerprint density at radius 2 is 1.61 bits per heavy atom. The van der Waals surface area contributed by atoms with E-state index in [0.29, 0.717) is 0 Å². The van der Waals surface area contributed by atoms with E-state index < -0.39 is 0 Å². The summed E-state index contributed by atoms with van der Waals surface area (Å²) in [6.45, 7) is 4.38. The van der Waals surface area contributed by atoms with Crippen LogP contribution in [0.3, 0.4) is 0 Å². The van der Waals surface area contributed by atoms with Gasteiger partial charge in [-0.1, -0.05) is 0 Å². The van der Waals surface area contributed by atoms with Crippen molar-refractivity contribution in [1.29, 1.82) is 0 Å². The predicted molar refractivity (Wildman–Crippen MR) is 121 cm³/mol. The van der Waals surface area contributed by atoms with Crippen molar-refractivity contribution in [1.82, 2.24) is 20.2 Å². The van der Waals surface area contributed by atoms with E-state index in [1.165, 1.54) is 24.3 Å². The molecule has 31 heavy (non-hydrogen) atoms. The first-order valence-corrected chi connectivity index (χ1v) is 10.2. The molecule has 1 aliphatic heterocycles. The number of hydrogen-bond donors (Lipinski definition) is 1. The van der Waals surface area contributed by atoms with Gasteiger partial charge in [0.25, 0.3) is 0 Å². The Hall–Kier alpha value is -2.61. The summed E-state index contributed by atoms with van der Waals surface area (Å²) >= 11 is 0. The first kappa shape index (κ1) is 23.1. The molecule has 3 aromatic rings. The van der Waals surface area contributed by atoms with Crippen molar-refractivity contribution in [2.75, 3.05) is 37.6 Å². The Labute approximate surface area is 187 Å². The summed E-state index contributed by atoms with van der Waals surface area (Å²) in [5.74, 6) is -0.544. The van der Waals surface area contributed by atoms with Gasteiger partial charge in [-0.3, -0.25) is 4.90 Å². The van der Waals surface area contributed by atoms with Crippen molar-refractivity contribution >= 4 is 23.8 Å². The van der Waals surface area contributed by atoms with E-state index in [1.807, 2.05) is 6.07 Å². The molecule has 1 aromatic heterocycles. The highest BCUT2D eigenvalue weighted by Gasteiger charge is 2.24. The number of nitrogens with zero attached hydrogens (tertiary/aromatic N) is 4. The normalized spacial score (nSPS) is 16.5. The molecule has 1 unspecified atom stereocenters. The van der Waals surface area contributed by atoms with Crippen LogP contribution in [0.25, 0.3) is 0 Å². The number of hydrogen-bond acceptors (Lipinski definition) is 5. The van der Waals surface area contributed by atoms with Crippen molar-refractivity contribution < 1.29 is 8.78 Å². The number of benzene rings is 2. The topological polar surface area (TPSA) is 44.3 Å². The molecule has 2 aromatic carbocycles. The number of aromatic nitrogens is 2. The fourth-order valence-electron chi connectivity index (χ4n) is 3.88. The second-order valence-electron chi connectivity index (χ2n) is 7.35. The predicted octanol–water partition coefficient (Wildman–Crippen LogP) is 4.35. The number of halogens is 3. The lowest BCUT2D eigenvalue weighted by atomic mass is 10.1. The average molecular weight is 446 g/mol. The van der Waals surface area contributed by atoms with E-state index in [9.17, 15) is 8.78 Å². The standard InChI is InChI=1S/C23H25F2N5.ClH/c24-18-2-6-20(7-3-18)30(21-8-4-19(25)5-9-21)14-1-13-29-15-12-26-16-23(29)22-10-11-27-17-28-22;/h2-11,17,23,26H,1,12-16H2;1H. The maximum absolute atomic E-state index is 13.4. The van der Waals surface area contributed by atoms with E-state index in [-0.39, 0.29) is 30.1 Å². The Morgan fingerprint density at radius 3 is 2.19 bits per heavy atom. The summed E-state index contributed by atoms with van der Waals surface area (Å²) in [7, 11) is 0. The van der Waals surface area contributed by atoms with Crippen LogP contribution in [-0.4, -0.2) is 47.6 Å². The molecule has 1 N–H and O–H groups in total. The van der Waals surface area contributed by atoms with Crippen LogP contribution < -0.4 is 10.2 Å². The third kappa shape index (κ3) is 5.97. The highest BCUT2D eigenvalue weighted by Crippen LogP contribution is 2.27. The molecule has 5 nitrogen and oxygen atoms in total. The van der Waals surface area contributed by atoms with E-state index >= 15 is 0 Å². The second-order valence-corrected chi connectivity index (χ2v) is 7.35. The van der Waals surface area contributed by atoms with E-state index in [2.05, 4.69) is 25.1 Å². The first-order chi connectivity index (χ1) is 14.7. The van der Waals surface area contributed by atoms with Gasteiger partial charge in [0.15, 0.2) is 0 Å². The summed E-state index contributed by atoms with van der Waals surface area (Å²) in [4.78, 5) is 13.0. The van der Waals surface area contributed by atoms with Crippen molar-refractivity contribution in [3.63, 3.8) is 0 Å². The quantitative estimate of drug-likeness (QED) is 0.585. The fraction of sp³-hybridized carbons (Fsp3) is 0.304. The summed E-state index contributed by atoms with van der Waals surface area (Å²) in [6, 6.07) is 15.0. The first-order valence-electron chi connectivity index (χ1n) is 10.2. The zero-order valence-corrected chi connectivity index (χ0v) is 17.9. The van der Waals surface area contributed by atoms with Crippen molar-refractivity contribution in [3.05, 3.63) is 84.4 Å². The molecule has 0 spiro atoms. The summed E-state index contributed by atoms with van der Waals surface area (Å²) < 4.78 is 26.8. The van der Waals surface area contributed by atoms with Crippen LogP contribution >= 0.6 is 12.4 Å². The lowest BCUT2D eigenvalue weighted by Gasteiger charge is -2.36. The van der Waals surface area contributed by atoms with Gasteiger partial charge in [-0.05, 0) is 61.0 Å². The summed E-state index contributed by atoms with van der Waals surface area (Å²) in [6.07, 6.45) is 4.27. The Kier molecular flexibility index (Phi) is 8.28. The molecular formula is C23H26ClF2N5. The van der Waals surface area contributed by atoms with Crippen LogP contribution in [-0.2, 0) is 0 Å². The number of rotatable bonds is 7. The monoisotopic (exact) mass is 445 g/mol. The van der Waals surface area contributed by atoms with Gasteiger partial charge in [0.1, 0.15) is 18.0 Å². The highest BCUT2D eigenvalue weighted by molar-refractivity contribution is 5.85. The molecule has 0 radical (unpaired) electrons. The van der Waals surface area contributed by atoms with E-state index in [1.54, 1.807) is 36.8 Å². The SMILES string of the molecule is Cl.Fc1ccc(N(CCCN2CCNCC2c2ccncn2)c2ccc(F)cc2)cc1. The van der Waals surface area contributed by atoms with Gasteiger partial charge in [-0.15, -0.1) is 12.4 Å². The molecule has 1 saturated heterocycles. The molecular weight excluding hydrogens is 420 g/mol. The summed E-state index contributed by atoms with van der Waals surface area (Å²) in [5, 5.41) is 3.44. The highest BCUT2D eigenvalue weighted by atomic mass is 35.5. The zero-order valence-electron chi connectivity index (χ0n) is 17.1. The molecule has 2 heterocycles. The molecule has 4 rings (SSSR count). The van der Waals surface area contributed by atoms with Crippen LogP contribution in [0, 0.1) is 11.6 Å². The minimum atomic E-state index is -0.272. The molecule has 0 amide bonds. The van der Waals surface area contributed by atoms with Crippen LogP contribution in [0.4, 0.5) is 20.2 Å². The zero-order chi connectivity index (χ0) is 20.8. The van der Waals surface area contributed by atoms with Gasteiger partial charge in [-0.2, -0.15) is 0 Å². The molecule has 0 bridgehead atoms. The molecule has 1 fully saturated rings. The lowest BCUT2D eigenvalue weighted by molar-refractivity contribution is 0.158. The van der Waals surface area contributed by atoms with Crippen molar-refractivity contribution in [2.24, 2.45) is 0 Å². The molecule has 0 aliphatic carbocycles. The maximum atomic E-state index is 13.4. The molecule has 1 aliphatic rings. The van der Waals surface area contributed by atoms with E-state index in [0.717, 1.165) is 56.2 Å². The minimum absolute atomic E-state index is 0. The fourth-order valence-corrected chi connectivity index (χ4v) is 3.88. The Bertz CT molecular complexity index is 879. The van der Waals surface area contributed by atoms with Gasteiger partial charge < -0.3 is 10.2 Å². The maximum Gasteiger partial charge on any atom is 0.123 e. The van der Waals surface area contributed by atoms with Crippen LogP contribution in [0.15, 0.2) is 67.1 Å². The Morgan fingerprint density at radius 1 is 0.968 bits per heavy atom. The van der Waals surface area contributed by atoms with Gasteiger partial charge in [-0.25, -0.2) is 18.7 Å². The third-order valence-electron chi connectivity index (χ3n) is 5.40. The smallest absolute Gasteiger partial charge is 0.123 e. The Balaban J connectivity index is 0.00000272. The van der Waals surface area contributed by atoms with Crippen molar-refractivity contribution in [2.45, 2.75) is 12.5 Å². The second kappa shape index (κ2) is 11.1. The lowest BCUT2D eigenvalue weighted by Crippen LogP contribution is -2.47. The molecule has 1 atom stereocenters. The summed E-state index contributed by atoms with van der Waals surface area (Å²) in [5.41, 5.74) is 2.79. The largest absolute Gasteiger partial charge is 0.341 e. The van der Waals surface area contributed by atoms with E-state index in [4.69, 9.17) is 0 Å². The van der Waals surface area contributed by atoms with Crippen LogP contribution in [0.5, 0.6) is 0 Å². The van der Waals surface area contributed by atoms with Gasteiger partial charge >= 0.3 is 0 Å². The number of anilines is 2. The number of nitrogens with one attached hydrogen (secondary N) is 1. The van der Waals surface area contributed by atoms with Crippen LogP contribution in [0.1, 0.15) is 18.2 Å². The van der Waals surface area contributed by atoms with Gasteiger partial charge in [0.2, 0.25) is 0 Å². The molecule has 164 valence electrons. The van der Waals surface area contributed by atoms with Crippen LogP contribution in [0.2, 0.25) is 0 Å². The average Bonchev–Trinajstić information content (AvgIpc) is 2.79. The van der Waals surface area contributed by atoms with Gasteiger partial charge in [0, 0.05) is 50.3 Å². The third-order valence-corrected chi connectivity index (χ3v) is 5.40. The molecule has 0 saturated carbocycles. The molecule has 8 heteroatoms.